The van der Waals surface area contributed by atoms with E-state index in [4.69, 9.17) is 0 Å². The summed E-state index contributed by atoms with van der Waals surface area (Å²) in [6.45, 7) is 6.87. The van der Waals surface area contributed by atoms with Crippen LogP contribution >= 0.6 is 0 Å². The minimum absolute atomic E-state index is 0.184. The van der Waals surface area contributed by atoms with Gasteiger partial charge in [0.25, 0.3) is 0 Å². The summed E-state index contributed by atoms with van der Waals surface area (Å²) in [5, 5.41) is 9.55. The van der Waals surface area contributed by atoms with Crippen molar-refractivity contribution >= 4 is 5.97 Å². The molecule has 0 atom stereocenters. The predicted molar refractivity (Wildman–Crippen MR) is 76.6 cm³/mol. The van der Waals surface area contributed by atoms with Crippen LogP contribution in [0.1, 0.15) is 42.7 Å². The number of benzene rings is 1. The highest BCUT2D eigenvalue weighted by atomic mass is 16.4. The number of aryl methyl sites for hydroxylation is 1. The molecule has 0 spiro atoms. The van der Waals surface area contributed by atoms with Crippen molar-refractivity contribution in [1.29, 1.82) is 0 Å². The first kappa shape index (κ1) is 13.4. The Labute approximate surface area is 113 Å². The van der Waals surface area contributed by atoms with Gasteiger partial charge in [-0.3, -0.25) is 0 Å². The van der Waals surface area contributed by atoms with Crippen molar-refractivity contribution < 1.29 is 9.90 Å². The summed E-state index contributed by atoms with van der Waals surface area (Å²) in [5.41, 5.74) is 3.09. The second kappa shape index (κ2) is 5.31. The lowest BCUT2D eigenvalue weighted by molar-refractivity contribution is 0.0696. The Morgan fingerprint density at radius 3 is 2.37 bits per heavy atom. The van der Waals surface area contributed by atoms with Gasteiger partial charge in [-0.1, -0.05) is 44.2 Å². The molecule has 0 unspecified atom stereocenters. The Balaban J connectivity index is 2.71. The van der Waals surface area contributed by atoms with Crippen molar-refractivity contribution in [2.75, 3.05) is 0 Å². The van der Waals surface area contributed by atoms with Crippen molar-refractivity contribution in [1.82, 2.24) is 4.57 Å². The van der Waals surface area contributed by atoms with E-state index in [0.717, 1.165) is 23.4 Å². The van der Waals surface area contributed by atoms with E-state index in [-0.39, 0.29) is 5.92 Å². The van der Waals surface area contributed by atoms with E-state index in [9.17, 15) is 9.90 Å². The molecule has 3 nitrogen and oxygen atoms in total. The summed E-state index contributed by atoms with van der Waals surface area (Å²) in [6, 6.07) is 9.69. The van der Waals surface area contributed by atoms with Crippen LogP contribution in [-0.4, -0.2) is 15.6 Å². The highest BCUT2D eigenvalue weighted by molar-refractivity contribution is 5.97. The lowest BCUT2D eigenvalue weighted by Crippen LogP contribution is -2.07. The summed E-state index contributed by atoms with van der Waals surface area (Å²) >= 11 is 0. The highest BCUT2D eigenvalue weighted by Crippen LogP contribution is 2.32. The molecule has 2 aromatic rings. The molecule has 0 aliphatic rings. The molecule has 19 heavy (non-hydrogen) atoms. The number of hydrogen-bond donors (Lipinski definition) is 1. The van der Waals surface area contributed by atoms with E-state index in [1.54, 1.807) is 0 Å². The van der Waals surface area contributed by atoms with Gasteiger partial charge in [0.2, 0.25) is 0 Å². The van der Waals surface area contributed by atoms with Crippen LogP contribution in [0.4, 0.5) is 0 Å². The van der Waals surface area contributed by atoms with Gasteiger partial charge in [-0.05, 0) is 18.4 Å². The quantitative estimate of drug-likeness (QED) is 0.899. The molecule has 1 aromatic heterocycles. The summed E-state index contributed by atoms with van der Waals surface area (Å²) in [4.78, 5) is 11.6. The lowest BCUT2D eigenvalue weighted by atomic mass is 9.99. The van der Waals surface area contributed by atoms with Gasteiger partial charge in [-0.15, -0.1) is 0 Å². The monoisotopic (exact) mass is 257 g/mol. The molecular weight excluding hydrogens is 238 g/mol. The smallest absolute Gasteiger partial charge is 0.338 e. The standard InChI is InChI=1S/C16H19NO2/c1-4-17-10-13(12-8-6-5-7-9-12)14(16(18)19)15(17)11(2)3/h5-11H,4H2,1-3H3,(H,18,19). The van der Waals surface area contributed by atoms with Crippen LogP contribution in [0.5, 0.6) is 0 Å². The number of carboxylic acid groups (broad SMARTS) is 1. The Morgan fingerprint density at radius 1 is 1.26 bits per heavy atom. The number of carboxylic acids is 1. The molecule has 0 aliphatic heterocycles. The maximum atomic E-state index is 11.6. The number of nitrogens with zero attached hydrogens (tertiary/aromatic N) is 1. The van der Waals surface area contributed by atoms with E-state index in [2.05, 4.69) is 0 Å². The average molecular weight is 257 g/mol. The summed E-state index contributed by atoms with van der Waals surface area (Å²) in [5.74, 6) is -0.668. The topological polar surface area (TPSA) is 42.2 Å². The van der Waals surface area contributed by atoms with Crippen LogP contribution < -0.4 is 0 Å². The molecule has 0 amide bonds. The molecule has 0 aliphatic carbocycles. The molecule has 0 bridgehead atoms. The Kier molecular flexibility index (Phi) is 3.74. The zero-order valence-corrected chi connectivity index (χ0v) is 11.6. The fraction of sp³-hybridized carbons (Fsp3) is 0.312. The lowest BCUT2D eigenvalue weighted by Gasteiger charge is -2.11. The summed E-state index contributed by atoms with van der Waals surface area (Å²) in [7, 11) is 0. The van der Waals surface area contributed by atoms with Crippen LogP contribution in [0.15, 0.2) is 36.5 Å². The molecule has 100 valence electrons. The van der Waals surface area contributed by atoms with E-state index < -0.39 is 5.97 Å². The molecule has 0 saturated heterocycles. The molecule has 0 saturated carbocycles. The first-order valence-corrected chi connectivity index (χ1v) is 6.58. The zero-order chi connectivity index (χ0) is 14.0. The van der Waals surface area contributed by atoms with Gasteiger partial charge in [0.15, 0.2) is 0 Å². The maximum absolute atomic E-state index is 11.6. The van der Waals surface area contributed by atoms with Crippen molar-refractivity contribution in [3.63, 3.8) is 0 Å². The third kappa shape index (κ3) is 2.41. The maximum Gasteiger partial charge on any atom is 0.338 e. The largest absolute Gasteiger partial charge is 0.478 e. The molecule has 2 rings (SSSR count). The Bertz CT molecular complexity index is 582. The second-order valence-electron chi connectivity index (χ2n) is 4.91. The fourth-order valence-corrected chi connectivity index (χ4v) is 2.51. The predicted octanol–water partition coefficient (Wildman–Crippen LogP) is 4.00. The first-order chi connectivity index (χ1) is 9.06. The SMILES string of the molecule is CCn1cc(-c2ccccc2)c(C(=O)O)c1C(C)C. The molecular formula is C16H19NO2. The second-order valence-corrected chi connectivity index (χ2v) is 4.91. The van der Waals surface area contributed by atoms with Crippen molar-refractivity contribution in [3.8, 4) is 11.1 Å². The minimum Gasteiger partial charge on any atom is -0.478 e. The Morgan fingerprint density at radius 2 is 1.89 bits per heavy atom. The van der Waals surface area contributed by atoms with Gasteiger partial charge in [-0.2, -0.15) is 0 Å². The van der Waals surface area contributed by atoms with E-state index in [0.29, 0.717) is 5.56 Å². The molecule has 0 radical (unpaired) electrons. The third-order valence-corrected chi connectivity index (χ3v) is 3.31. The summed E-state index contributed by atoms with van der Waals surface area (Å²) < 4.78 is 2.04. The van der Waals surface area contributed by atoms with Crippen LogP contribution in [0, 0.1) is 0 Å². The van der Waals surface area contributed by atoms with Crippen molar-refractivity contribution in [3.05, 3.63) is 47.8 Å². The van der Waals surface area contributed by atoms with Gasteiger partial charge < -0.3 is 9.67 Å². The number of hydrogen-bond acceptors (Lipinski definition) is 1. The van der Waals surface area contributed by atoms with Crippen molar-refractivity contribution in [2.24, 2.45) is 0 Å². The van der Waals surface area contributed by atoms with Crippen LogP contribution in [0.3, 0.4) is 0 Å². The van der Waals surface area contributed by atoms with Gasteiger partial charge in [-0.25, -0.2) is 4.79 Å². The minimum atomic E-state index is -0.852. The molecule has 3 heteroatoms. The first-order valence-electron chi connectivity index (χ1n) is 6.58. The average Bonchev–Trinajstić information content (AvgIpc) is 2.79. The van der Waals surface area contributed by atoms with Gasteiger partial charge >= 0.3 is 5.97 Å². The van der Waals surface area contributed by atoms with Crippen LogP contribution in [0.25, 0.3) is 11.1 Å². The van der Waals surface area contributed by atoms with E-state index in [1.165, 1.54) is 0 Å². The fourth-order valence-electron chi connectivity index (χ4n) is 2.51. The van der Waals surface area contributed by atoms with Gasteiger partial charge in [0.05, 0.1) is 5.56 Å². The number of aromatic nitrogens is 1. The van der Waals surface area contributed by atoms with Crippen LogP contribution in [-0.2, 0) is 6.54 Å². The molecule has 1 aromatic carbocycles. The van der Waals surface area contributed by atoms with E-state index in [1.807, 2.05) is 61.9 Å². The number of rotatable bonds is 4. The Hall–Kier alpha value is -2.03. The molecule has 0 fully saturated rings. The third-order valence-electron chi connectivity index (χ3n) is 3.31. The van der Waals surface area contributed by atoms with Gasteiger partial charge in [0.1, 0.15) is 0 Å². The number of carbonyl (C=O) groups is 1. The molecule has 1 N–H and O–H groups in total. The summed E-state index contributed by atoms with van der Waals surface area (Å²) in [6.07, 6.45) is 1.95. The van der Waals surface area contributed by atoms with E-state index >= 15 is 0 Å². The zero-order valence-electron chi connectivity index (χ0n) is 11.6. The van der Waals surface area contributed by atoms with Crippen molar-refractivity contribution in [2.45, 2.75) is 33.2 Å². The number of aromatic carboxylic acids is 1. The van der Waals surface area contributed by atoms with Crippen LogP contribution in [0.2, 0.25) is 0 Å². The highest BCUT2D eigenvalue weighted by Gasteiger charge is 2.23. The normalized spacial score (nSPS) is 10.9. The van der Waals surface area contributed by atoms with Gasteiger partial charge in [0, 0.05) is 24.0 Å². The molecule has 1 heterocycles.